The van der Waals surface area contributed by atoms with Crippen LogP contribution in [0.1, 0.15) is 9.68 Å². The van der Waals surface area contributed by atoms with Gasteiger partial charge in [0, 0.05) is 0 Å². The van der Waals surface area contributed by atoms with Crippen molar-refractivity contribution in [3.05, 3.63) is 29.8 Å². The quantitative estimate of drug-likeness (QED) is 0.746. The third-order valence-corrected chi connectivity index (χ3v) is 2.65. The van der Waals surface area contributed by atoms with Crippen molar-refractivity contribution in [2.75, 3.05) is 7.04 Å². The van der Waals surface area contributed by atoms with Gasteiger partial charge in [0.05, 0.1) is 21.6 Å². The minimum absolute atomic E-state index is 0.524. The largest absolute Gasteiger partial charge is 0.416 e. The lowest BCUT2D eigenvalue weighted by Gasteiger charge is -2.07. The lowest BCUT2D eigenvalue weighted by molar-refractivity contribution is -0.137. The lowest BCUT2D eigenvalue weighted by Crippen LogP contribution is -2.07. The highest BCUT2D eigenvalue weighted by Crippen LogP contribution is 2.29. The fourth-order valence-electron chi connectivity index (χ4n) is 0.859. The first-order valence-corrected chi connectivity index (χ1v) is 4.95. The number of alkyl halides is 3. The molecule has 0 N–H and O–H groups in total. The van der Waals surface area contributed by atoms with Crippen LogP contribution in [0.25, 0.3) is 0 Å². The van der Waals surface area contributed by atoms with E-state index in [1.54, 1.807) is 0 Å². The second-order valence-electron chi connectivity index (χ2n) is 2.56. The highest BCUT2D eigenvalue weighted by Gasteiger charge is 2.30. The van der Waals surface area contributed by atoms with E-state index in [-0.39, 0.29) is 0 Å². The molecule has 3 nitrogen and oxygen atoms in total. The van der Waals surface area contributed by atoms with Crippen molar-refractivity contribution < 1.29 is 29.9 Å². The summed E-state index contributed by atoms with van der Waals surface area (Å²) in [5.74, 6) is 0. The Labute approximate surface area is 88.8 Å². The van der Waals surface area contributed by atoms with Gasteiger partial charge in [0.2, 0.25) is 0 Å². The summed E-state index contributed by atoms with van der Waals surface area (Å²) < 4.78 is 83.1. The van der Waals surface area contributed by atoms with Crippen molar-refractivity contribution in [3.63, 3.8) is 0 Å². The van der Waals surface area contributed by atoms with Crippen LogP contribution < -0.4 is 0 Å². The smallest absolute Gasteiger partial charge is 0.270 e. The van der Waals surface area contributed by atoms with Gasteiger partial charge in [0.25, 0.3) is 10.1 Å². The molecule has 0 saturated heterocycles. The molecule has 0 spiro atoms. The fourth-order valence-corrected chi connectivity index (χ4v) is 1.42. The molecule has 0 bridgehead atoms. The molecule has 7 heteroatoms. The van der Waals surface area contributed by atoms with Gasteiger partial charge in [-0.25, -0.2) is 0 Å². The molecule has 15 heavy (non-hydrogen) atoms. The Balaban J connectivity index is 3.06. The summed E-state index contributed by atoms with van der Waals surface area (Å²) in [6.07, 6.45) is -4.60. The van der Waals surface area contributed by atoms with Gasteiger partial charge in [-0.1, -0.05) is 0 Å². The summed E-state index contributed by atoms with van der Waals surface area (Å²) in [7, 11) is -7.80. The maximum absolute atomic E-state index is 12.2. The van der Waals surface area contributed by atoms with E-state index in [1.165, 1.54) is 0 Å². The highest BCUT2D eigenvalue weighted by atomic mass is 32.2. The highest BCUT2D eigenvalue weighted by molar-refractivity contribution is 7.86. The Morgan fingerprint density at radius 3 is 2.20 bits per heavy atom. The van der Waals surface area contributed by atoms with Gasteiger partial charge >= 0.3 is 6.18 Å². The number of halogens is 3. The number of hydrogen-bond acceptors (Lipinski definition) is 3. The van der Waals surface area contributed by atoms with Gasteiger partial charge in [-0.2, -0.15) is 21.6 Å². The molecule has 0 aliphatic rings. The van der Waals surface area contributed by atoms with Crippen LogP contribution in [0.4, 0.5) is 13.2 Å². The van der Waals surface area contributed by atoms with Crippen molar-refractivity contribution in [1.82, 2.24) is 0 Å². The second-order valence-corrected chi connectivity index (χ2v) is 4.11. The van der Waals surface area contributed by atoms with E-state index in [0.717, 1.165) is 0 Å². The molecule has 0 unspecified atom stereocenters. The molecule has 0 radical (unpaired) electrons. The predicted molar refractivity (Wildman–Crippen MR) is 45.6 cm³/mol. The van der Waals surface area contributed by atoms with Crippen LogP contribution in [0.3, 0.4) is 0 Å². The first kappa shape index (κ1) is 8.12. The SMILES string of the molecule is [2H]C([2H])([2H])OS(=O)(=O)c1ccc(C(F)(F)F)cc1. The van der Waals surface area contributed by atoms with Crippen LogP contribution in [0, 0.1) is 0 Å². The predicted octanol–water partition coefficient (Wildman–Crippen LogP) is 2.04. The minimum Gasteiger partial charge on any atom is -0.270 e. The van der Waals surface area contributed by atoms with Crippen molar-refractivity contribution in [2.45, 2.75) is 11.1 Å². The van der Waals surface area contributed by atoms with Crippen LogP contribution in [0.5, 0.6) is 0 Å². The van der Waals surface area contributed by atoms with Crippen molar-refractivity contribution >= 4 is 10.1 Å². The monoisotopic (exact) mass is 243 g/mol. The molecule has 0 aromatic heterocycles. The second kappa shape index (κ2) is 3.82. The van der Waals surface area contributed by atoms with Crippen molar-refractivity contribution in [2.24, 2.45) is 0 Å². The number of benzene rings is 1. The van der Waals surface area contributed by atoms with Gasteiger partial charge in [-0.3, -0.25) is 4.18 Å². The topological polar surface area (TPSA) is 43.4 Å². The minimum atomic E-state index is -4.61. The maximum Gasteiger partial charge on any atom is 0.416 e. The van der Waals surface area contributed by atoms with E-state index in [2.05, 4.69) is 4.18 Å². The maximum atomic E-state index is 12.2. The molecule has 0 fully saturated rings. The van der Waals surface area contributed by atoms with Crippen LogP contribution in [-0.2, 0) is 20.5 Å². The first-order valence-electron chi connectivity index (χ1n) is 5.05. The first-order chi connectivity index (χ1) is 7.92. The molecule has 0 amide bonds. The van der Waals surface area contributed by atoms with E-state index in [0.29, 0.717) is 24.3 Å². The molecule has 0 heterocycles. The van der Waals surface area contributed by atoms with Gasteiger partial charge in [-0.15, -0.1) is 0 Å². The van der Waals surface area contributed by atoms with E-state index in [9.17, 15) is 21.6 Å². The van der Waals surface area contributed by atoms with Gasteiger partial charge < -0.3 is 0 Å². The molecule has 0 aliphatic carbocycles. The van der Waals surface area contributed by atoms with Gasteiger partial charge in [0.15, 0.2) is 0 Å². The van der Waals surface area contributed by atoms with E-state index in [4.69, 9.17) is 4.11 Å². The summed E-state index contributed by atoms with van der Waals surface area (Å²) in [4.78, 5) is -0.661. The summed E-state index contributed by atoms with van der Waals surface area (Å²) in [6, 6.07) is 2.30. The van der Waals surface area contributed by atoms with Crippen LogP contribution in [0.2, 0.25) is 0 Å². The zero-order chi connectivity index (χ0) is 14.2. The van der Waals surface area contributed by atoms with E-state index < -0.39 is 33.8 Å². The zero-order valence-corrected chi connectivity index (χ0v) is 7.89. The summed E-state index contributed by atoms with van der Waals surface area (Å²) in [5.41, 5.74) is -1.05. The van der Waals surface area contributed by atoms with Crippen LogP contribution in [0.15, 0.2) is 29.2 Å². The third-order valence-electron chi connectivity index (χ3n) is 1.58. The molecule has 84 valence electrons. The summed E-state index contributed by atoms with van der Waals surface area (Å²) in [5, 5.41) is 0. The Hall–Kier alpha value is -1.08. The third kappa shape index (κ3) is 2.69. The molecular weight excluding hydrogens is 233 g/mol. The van der Waals surface area contributed by atoms with Gasteiger partial charge in [-0.05, 0) is 24.3 Å². The van der Waals surface area contributed by atoms with Crippen molar-refractivity contribution in [1.29, 1.82) is 0 Å². The van der Waals surface area contributed by atoms with Crippen LogP contribution >= 0.6 is 0 Å². The fraction of sp³-hybridized carbons (Fsp3) is 0.250. The number of hydrogen-bond donors (Lipinski definition) is 0. The number of rotatable bonds is 2. The molecule has 1 rings (SSSR count). The average molecular weight is 243 g/mol. The molecular formula is C8H7F3O3S. The Bertz CT molecular complexity index is 519. The Morgan fingerprint density at radius 2 is 1.80 bits per heavy atom. The van der Waals surface area contributed by atoms with Crippen LogP contribution in [-0.4, -0.2) is 15.5 Å². The summed E-state index contributed by atoms with van der Waals surface area (Å²) in [6.45, 7) is 0. The molecule has 0 saturated carbocycles. The Kier molecular flexibility index (Phi) is 2.07. The van der Waals surface area contributed by atoms with E-state index >= 15 is 0 Å². The van der Waals surface area contributed by atoms with Crippen molar-refractivity contribution in [3.8, 4) is 0 Å². The summed E-state index contributed by atoms with van der Waals surface area (Å²) >= 11 is 0. The average Bonchev–Trinajstić information content (AvgIpc) is 2.13. The van der Waals surface area contributed by atoms with Gasteiger partial charge in [0.1, 0.15) is 0 Å². The Morgan fingerprint density at radius 1 is 1.27 bits per heavy atom. The normalized spacial score (nSPS) is 16.6. The standard InChI is InChI=1S/C8H7F3O3S/c1-14-15(12,13)7-4-2-6(3-5-7)8(9,10)11/h2-5H,1H3/i1D3. The molecule has 1 aromatic rings. The molecule has 0 atom stereocenters. The molecule has 1 aromatic carbocycles. The lowest BCUT2D eigenvalue weighted by atomic mass is 10.2. The zero-order valence-electron chi connectivity index (χ0n) is 10.1. The van der Waals surface area contributed by atoms with E-state index in [1.807, 2.05) is 0 Å². The molecule has 0 aliphatic heterocycles.